The predicted octanol–water partition coefficient (Wildman–Crippen LogP) is 4.42. The van der Waals surface area contributed by atoms with Gasteiger partial charge in [-0.1, -0.05) is 12.1 Å². The van der Waals surface area contributed by atoms with Gasteiger partial charge in [0.25, 0.3) is 0 Å². The van der Waals surface area contributed by atoms with Crippen LogP contribution in [0.25, 0.3) is 0 Å². The topological polar surface area (TPSA) is 56.3 Å². The fourth-order valence-electron chi connectivity index (χ4n) is 1.91. The number of halogens is 3. The highest BCUT2D eigenvalue weighted by atomic mass is 19.4. The average Bonchev–Trinajstić information content (AvgIpc) is 2.48. The summed E-state index contributed by atoms with van der Waals surface area (Å²) in [6, 6.07) is 7.03. The molecule has 0 aliphatic heterocycles. The molecule has 0 radical (unpaired) electrons. The average molecular weight is 341 g/mol. The quantitative estimate of drug-likeness (QED) is 0.843. The largest absolute Gasteiger partial charge is 0.489 e. The molecular weight excluding hydrogens is 323 g/mol. The van der Waals surface area contributed by atoms with Crippen molar-refractivity contribution in [3.63, 3.8) is 0 Å². The second kappa shape index (κ2) is 7.37. The molecule has 0 saturated heterocycles. The molecule has 24 heavy (non-hydrogen) atoms. The molecule has 1 heterocycles. The van der Waals surface area contributed by atoms with E-state index in [2.05, 4.69) is 15.3 Å². The van der Waals surface area contributed by atoms with Crippen molar-refractivity contribution in [2.75, 3.05) is 11.9 Å². The van der Waals surface area contributed by atoms with Gasteiger partial charge in [0.1, 0.15) is 11.3 Å². The monoisotopic (exact) mass is 341 g/mol. The fraction of sp³-hybridized carbons (Fsp3) is 0.375. The van der Waals surface area contributed by atoms with Crippen molar-refractivity contribution in [2.24, 2.45) is 0 Å². The Morgan fingerprint density at radius 3 is 2.54 bits per heavy atom. The number of hydrogen-bond donors (Lipinski definition) is 1. The van der Waals surface area contributed by atoms with Crippen molar-refractivity contribution >= 4 is 11.6 Å². The number of alkyl halides is 3. The number of para-hydroxylation sites is 2. The molecule has 0 aliphatic carbocycles. The Balaban J connectivity index is 2.32. The molecule has 1 aromatic heterocycles. The van der Waals surface area contributed by atoms with Crippen LogP contribution in [-0.4, -0.2) is 22.7 Å². The summed E-state index contributed by atoms with van der Waals surface area (Å²) in [6.45, 7) is 5.39. The summed E-state index contributed by atoms with van der Waals surface area (Å²) in [4.78, 5) is 7.55. The molecule has 2 aromatic rings. The number of nitrogens with zero attached hydrogens (tertiary/aromatic N) is 2. The van der Waals surface area contributed by atoms with Crippen LogP contribution in [0.5, 0.6) is 11.6 Å². The van der Waals surface area contributed by atoms with Crippen LogP contribution in [0.2, 0.25) is 0 Å². The SMILES string of the molecule is CCOc1nc(Nc2ccccc2OC(C)C)ncc1C(F)(F)F. The normalized spacial score (nSPS) is 11.5. The summed E-state index contributed by atoms with van der Waals surface area (Å²) in [7, 11) is 0. The Morgan fingerprint density at radius 2 is 1.92 bits per heavy atom. The van der Waals surface area contributed by atoms with Gasteiger partial charge in [-0.05, 0) is 32.9 Å². The molecule has 0 spiro atoms. The third kappa shape index (κ3) is 4.50. The van der Waals surface area contributed by atoms with E-state index in [-0.39, 0.29) is 18.7 Å². The Kier molecular flexibility index (Phi) is 5.48. The van der Waals surface area contributed by atoms with Gasteiger partial charge in [-0.3, -0.25) is 0 Å². The Labute approximate surface area is 137 Å². The van der Waals surface area contributed by atoms with E-state index < -0.39 is 17.6 Å². The minimum atomic E-state index is -4.58. The van der Waals surface area contributed by atoms with Crippen LogP contribution in [0, 0.1) is 0 Å². The number of hydrogen-bond acceptors (Lipinski definition) is 5. The standard InChI is InChI=1S/C16H18F3N3O2/c1-4-23-14-11(16(17,18)19)9-20-15(22-14)21-12-7-5-6-8-13(12)24-10(2)3/h5-10H,4H2,1-3H3,(H,20,21,22). The molecule has 8 heteroatoms. The first kappa shape index (κ1) is 17.8. The highest BCUT2D eigenvalue weighted by Gasteiger charge is 2.36. The maximum atomic E-state index is 12.9. The summed E-state index contributed by atoms with van der Waals surface area (Å²) < 4.78 is 49.5. The van der Waals surface area contributed by atoms with Gasteiger partial charge in [0.05, 0.1) is 18.4 Å². The minimum absolute atomic E-state index is 0.00810. The molecule has 0 saturated carbocycles. The molecule has 0 fully saturated rings. The zero-order chi connectivity index (χ0) is 17.7. The van der Waals surface area contributed by atoms with Crippen LogP contribution >= 0.6 is 0 Å². The smallest absolute Gasteiger partial charge is 0.423 e. The lowest BCUT2D eigenvalue weighted by Crippen LogP contribution is -2.12. The number of rotatable bonds is 6. The van der Waals surface area contributed by atoms with Crippen molar-refractivity contribution < 1.29 is 22.6 Å². The van der Waals surface area contributed by atoms with Crippen LogP contribution in [0.4, 0.5) is 24.8 Å². The Hall–Kier alpha value is -2.51. The van der Waals surface area contributed by atoms with E-state index in [1.54, 1.807) is 31.2 Å². The van der Waals surface area contributed by atoms with Crippen LogP contribution in [0.15, 0.2) is 30.5 Å². The highest BCUT2D eigenvalue weighted by Crippen LogP contribution is 2.35. The van der Waals surface area contributed by atoms with Crippen molar-refractivity contribution in [3.05, 3.63) is 36.0 Å². The van der Waals surface area contributed by atoms with E-state index in [1.807, 2.05) is 13.8 Å². The van der Waals surface area contributed by atoms with E-state index >= 15 is 0 Å². The minimum Gasteiger partial charge on any atom is -0.489 e. The first-order chi connectivity index (χ1) is 11.3. The molecule has 0 unspecified atom stereocenters. The maximum Gasteiger partial charge on any atom is 0.423 e. The van der Waals surface area contributed by atoms with E-state index in [0.29, 0.717) is 17.6 Å². The number of anilines is 2. The van der Waals surface area contributed by atoms with Gasteiger partial charge in [-0.15, -0.1) is 0 Å². The third-order valence-electron chi connectivity index (χ3n) is 2.84. The van der Waals surface area contributed by atoms with Crippen LogP contribution < -0.4 is 14.8 Å². The van der Waals surface area contributed by atoms with Crippen LogP contribution in [0.1, 0.15) is 26.3 Å². The van der Waals surface area contributed by atoms with Crippen molar-refractivity contribution in [3.8, 4) is 11.6 Å². The van der Waals surface area contributed by atoms with Gasteiger partial charge in [-0.2, -0.15) is 18.2 Å². The molecule has 0 amide bonds. The van der Waals surface area contributed by atoms with E-state index in [4.69, 9.17) is 9.47 Å². The van der Waals surface area contributed by atoms with Gasteiger partial charge >= 0.3 is 6.18 Å². The van der Waals surface area contributed by atoms with E-state index in [9.17, 15) is 13.2 Å². The zero-order valence-electron chi connectivity index (χ0n) is 13.5. The number of aromatic nitrogens is 2. The molecular formula is C16H18F3N3O2. The lowest BCUT2D eigenvalue weighted by molar-refractivity contribution is -0.139. The molecule has 5 nitrogen and oxygen atoms in total. The number of nitrogens with one attached hydrogen (secondary N) is 1. The van der Waals surface area contributed by atoms with Gasteiger partial charge in [0.2, 0.25) is 11.8 Å². The van der Waals surface area contributed by atoms with Gasteiger partial charge < -0.3 is 14.8 Å². The van der Waals surface area contributed by atoms with E-state index in [0.717, 1.165) is 0 Å². The lowest BCUT2D eigenvalue weighted by atomic mass is 10.3. The molecule has 1 aromatic carbocycles. The van der Waals surface area contributed by atoms with Crippen LogP contribution in [-0.2, 0) is 6.18 Å². The lowest BCUT2D eigenvalue weighted by Gasteiger charge is -2.16. The fourth-order valence-corrected chi connectivity index (χ4v) is 1.91. The predicted molar refractivity (Wildman–Crippen MR) is 83.7 cm³/mol. The molecule has 130 valence electrons. The molecule has 0 bridgehead atoms. The number of ether oxygens (including phenoxy) is 2. The van der Waals surface area contributed by atoms with Gasteiger partial charge in [-0.25, -0.2) is 4.98 Å². The highest BCUT2D eigenvalue weighted by molar-refractivity contribution is 5.62. The molecule has 0 aliphatic rings. The summed E-state index contributed by atoms with van der Waals surface area (Å²) in [5.74, 6) is 0.0324. The second-order valence-electron chi connectivity index (χ2n) is 5.13. The molecule has 2 rings (SSSR count). The number of benzene rings is 1. The summed E-state index contributed by atoms with van der Waals surface area (Å²) in [5.41, 5.74) is -0.463. The zero-order valence-corrected chi connectivity index (χ0v) is 13.5. The summed E-state index contributed by atoms with van der Waals surface area (Å²) in [6.07, 6.45) is -3.94. The molecule has 0 atom stereocenters. The van der Waals surface area contributed by atoms with Gasteiger partial charge in [0.15, 0.2) is 0 Å². The Morgan fingerprint density at radius 1 is 1.21 bits per heavy atom. The van der Waals surface area contributed by atoms with Crippen molar-refractivity contribution in [1.82, 2.24) is 9.97 Å². The van der Waals surface area contributed by atoms with Gasteiger partial charge in [0, 0.05) is 6.20 Å². The Bertz CT molecular complexity index is 691. The van der Waals surface area contributed by atoms with Crippen molar-refractivity contribution in [2.45, 2.75) is 33.1 Å². The van der Waals surface area contributed by atoms with E-state index in [1.165, 1.54) is 0 Å². The van der Waals surface area contributed by atoms with Crippen molar-refractivity contribution in [1.29, 1.82) is 0 Å². The first-order valence-corrected chi connectivity index (χ1v) is 7.41. The maximum absolute atomic E-state index is 12.9. The third-order valence-corrected chi connectivity index (χ3v) is 2.84. The molecule has 1 N–H and O–H groups in total. The summed E-state index contributed by atoms with van der Waals surface area (Å²) in [5, 5.41) is 2.86. The second-order valence-corrected chi connectivity index (χ2v) is 5.13. The van der Waals surface area contributed by atoms with Crippen LogP contribution in [0.3, 0.4) is 0 Å². The first-order valence-electron chi connectivity index (χ1n) is 7.41. The summed E-state index contributed by atoms with van der Waals surface area (Å²) >= 11 is 0.